The van der Waals surface area contributed by atoms with E-state index in [9.17, 15) is 4.79 Å². The molecule has 0 amide bonds. The van der Waals surface area contributed by atoms with Crippen LogP contribution in [0.1, 0.15) is 20.8 Å². The molecule has 9 heteroatoms. The zero-order valence-corrected chi connectivity index (χ0v) is 12.2. The van der Waals surface area contributed by atoms with Crippen LogP contribution in [0.2, 0.25) is 0 Å². The third kappa shape index (κ3) is 102. The Hall–Kier alpha value is -2.71. The largest absolute Gasteiger partial charge is 0.508 e. The van der Waals surface area contributed by atoms with Crippen molar-refractivity contribution in [3.63, 3.8) is 0 Å². The molecule has 0 aliphatic carbocycles. The summed E-state index contributed by atoms with van der Waals surface area (Å²) < 4.78 is 8.90. The van der Waals surface area contributed by atoms with Crippen LogP contribution < -0.4 is 0 Å². The minimum Gasteiger partial charge on any atom is -0.450 e. The van der Waals surface area contributed by atoms with Gasteiger partial charge in [0.25, 0.3) is 0 Å². The maximum atomic E-state index is 10.0. The molecular formula is C12H22O9. The van der Waals surface area contributed by atoms with Crippen molar-refractivity contribution in [1.29, 1.82) is 0 Å². The molecule has 1 aliphatic heterocycles. The van der Waals surface area contributed by atoms with Crippen molar-refractivity contribution in [2.45, 2.75) is 26.9 Å². The zero-order chi connectivity index (χ0) is 17.8. The van der Waals surface area contributed by atoms with E-state index in [-0.39, 0.29) is 6.10 Å². The molecule has 1 fully saturated rings. The number of ether oxygens (including phenoxy) is 2. The molecule has 0 aromatic heterocycles. The Kier molecular flexibility index (Phi) is 28.6. The van der Waals surface area contributed by atoms with Gasteiger partial charge in [-0.1, -0.05) is 12.2 Å². The standard InChI is InChI=1S/C4H6O3.2C3H6.2CH2O3/c1-3-2-6-4(5)7-3;2*1-3-2;2*2-1(3)4/h3H,2H2,1H3;2*3H,1H2,2H3;2*(H2,2,3,4). The summed E-state index contributed by atoms with van der Waals surface area (Å²) in [7, 11) is 0. The van der Waals surface area contributed by atoms with Crippen molar-refractivity contribution in [3.05, 3.63) is 25.3 Å². The highest BCUT2D eigenvalue weighted by Crippen LogP contribution is 2.02. The van der Waals surface area contributed by atoms with E-state index < -0.39 is 18.5 Å². The maximum absolute atomic E-state index is 10.0. The van der Waals surface area contributed by atoms with Gasteiger partial charge in [-0.2, -0.15) is 0 Å². The van der Waals surface area contributed by atoms with E-state index in [2.05, 4.69) is 22.6 Å². The summed E-state index contributed by atoms with van der Waals surface area (Å²) in [5, 5.41) is 27.9. The molecule has 1 heterocycles. The quantitative estimate of drug-likeness (QED) is 0.389. The van der Waals surface area contributed by atoms with E-state index in [0.717, 1.165) is 0 Å². The molecule has 124 valence electrons. The summed E-state index contributed by atoms with van der Waals surface area (Å²) in [6.45, 7) is 12.7. The van der Waals surface area contributed by atoms with Gasteiger partial charge in [-0.05, 0) is 20.8 Å². The Labute approximate surface area is 122 Å². The van der Waals surface area contributed by atoms with Gasteiger partial charge >= 0.3 is 18.5 Å². The first kappa shape index (κ1) is 26.8. The Bertz CT molecular complexity index is 273. The molecule has 1 aliphatic rings. The van der Waals surface area contributed by atoms with Gasteiger partial charge in [-0.25, -0.2) is 14.4 Å². The van der Waals surface area contributed by atoms with Crippen molar-refractivity contribution in [2.24, 2.45) is 0 Å². The highest BCUT2D eigenvalue weighted by atomic mass is 16.8. The van der Waals surface area contributed by atoms with Crippen LogP contribution in [-0.2, 0) is 9.47 Å². The molecule has 0 bridgehead atoms. The fourth-order valence-corrected chi connectivity index (χ4v) is 0.418. The van der Waals surface area contributed by atoms with Crippen molar-refractivity contribution in [2.75, 3.05) is 6.61 Å². The van der Waals surface area contributed by atoms with Gasteiger partial charge in [0.05, 0.1) is 0 Å². The third-order valence-corrected chi connectivity index (χ3v) is 0.733. The number of carboxylic acid groups (broad SMARTS) is 4. The van der Waals surface area contributed by atoms with E-state index >= 15 is 0 Å². The van der Waals surface area contributed by atoms with Gasteiger partial charge in [0.1, 0.15) is 12.7 Å². The first-order chi connectivity index (χ1) is 9.58. The molecule has 0 aromatic carbocycles. The molecule has 9 nitrogen and oxygen atoms in total. The van der Waals surface area contributed by atoms with Crippen molar-refractivity contribution >= 4 is 18.5 Å². The molecular weight excluding hydrogens is 288 g/mol. The average molecular weight is 310 g/mol. The summed E-state index contributed by atoms with van der Waals surface area (Å²) >= 11 is 0. The lowest BCUT2D eigenvalue weighted by Gasteiger charge is -1.90. The molecule has 0 aromatic rings. The second-order valence-corrected chi connectivity index (χ2v) is 2.87. The van der Waals surface area contributed by atoms with Gasteiger partial charge in [0.15, 0.2) is 0 Å². The molecule has 1 saturated heterocycles. The summed E-state index contributed by atoms with van der Waals surface area (Å²) in [5.41, 5.74) is 0. The van der Waals surface area contributed by atoms with Gasteiger partial charge in [0.2, 0.25) is 0 Å². The number of allylic oxidation sites excluding steroid dienone is 2. The van der Waals surface area contributed by atoms with Crippen molar-refractivity contribution in [1.82, 2.24) is 0 Å². The highest BCUT2D eigenvalue weighted by Gasteiger charge is 2.19. The fraction of sp³-hybridized carbons (Fsp3) is 0.417. The molecule has 4 N–H and O–H groups in total. The van der Waals surface area contributed by atoms with Crippen LogP contribution in [0.4, 0.5) is 14.4 Å². The first-order valence-corrected chi connectivity index (χ1v) is 5.40. The minimum absolute atomic E-state index is 0.0486. The van der Waals surface area contributed by atoms with Gasteiger partial charge in [0, 0.05) is 0 Å². The zero-order valence-electron chi connectivity index (χ0n) is 12.2. The predicted molar refractivity (Wildman–Crippen MR) is 74.9 cm³/mol. The number of rotatable bonds is 0. The van der Waals surface area contributed by atoms with E-state index in [1.54, 1.807) is 19.1 Å². The molecule has 1 atom stereocenters. The predicted octanol–water partition coefficient (Wildman–Crippen LogP) is 3.37. The number of hydrogen-bond donors (Lipinski definition) is 4. The van der Waals surface area contributed by atoms with E-state index in [1.165, 1.54) is 0 Å². The minimum atomic E-state index is -1.83. The summed E-state index contributed by atoms with van der Waals surface area (Å²) in [5.74, 6) is 0. The van der Waals surface area contributed by atoms with Crippen LogP contribution >= 0.6 is 0 Å². The van der Waals surface area contributed by atoms with Crippen LogP contribution in [0.15, 0.2) is 25.3 Å². The van der Waals surface area contributed by atoms with Gasteiger partial charge < -0.3 is 29.9 Å². The topological polar surface area (TPSA) is 151 Å². The smallest absolute Gasteiger partial charge is 0.450 e. The molecule has 0 spiro atoms. The third-order valence-electron chi connectivity index (χ3n) is 0.733. The molecule has 0 radical (unpaired) electrons. The van der Waals surface area contributed by atoms with Crippen LogP contribution in [0.3, 0.4) is 0 Å². The van der Waals surface area contributed by atoms with Crippen molar-refractivity contribution in [3.8, 4) is 0 Å². The van der Waals surface area contributed by atoms with Crippen LogP contribution in [0.25, 0.3) is 0 Å². The number of hydrogen-bond acceptors (Lipinski definition) is 5. The summed E-state index contributed by atoms with van der Waals surface area (Å²) in [6.07, 6.45) is -0.764. The average Bonchev–Trinajstić information content (AvgIpc) is 2.63. The lowest BCUT2D eigenvalue weighted by Crippen LogP contribution is -2.01. The van der Waals surface area contributed by atoms with Crippen molar-refractivity contribution < 1.29 is 44.3 Å². The Morgan fingerprint density at radius 2 is 1.33 bits per heavy atom. The van der Waals surface area contributed by atoms with Crippen LogP contribution in [0.5, 0.6) is 0 Å². The lowest BCUT2D eigenvalue weighted by atomic mass is 10.5. The lowest BCUT2D eigenvalue weighted by molar-refractivity contribution is 0.121. The second kappa shape index (κ2) is 22.5. The molecule has 0 saturated carbocycles. The summed E-state index contributed by atoms with van der Waals surface area (Å²) in [4.78, 5) is 27.1. The SMILES string of the molecule is C=CC.C=CC.CC1COC(=O)O1.O=C(O)O.O=C(O)O. The normalized spacial score (nSPS) is 13.3. The van der Waals surface area contributed by atoms with E-state index in [0.29, 0.717) is 6.61 Å². The van der Waals surface area contributed by atoms with E-state index in [1.807, 2.05) is 13.8 Å². The molecule has 1 unspecified atom stereocenters. The first-order valence-electron chi connectivity index (χ1n) is 5.40. The van der Waals surface area contributed by atoms with Crippen LogP contribution in [0, 0.1) is 0 Å². The second-order valence-electron chi connectivity index (χ2n) is 2.87. The number of carbonyl (C=O) groups is 3. The molecule has 21 heavy (non-hydrogen) atoms. The highest BCUT2D eigenvalue weighted by molar-refractivity contribution is 5.61. The Morgan fingerprint density at radius 1 is 1.10 bits per heavy atom. The number of cyclic esters (lactones) is 2. The Morgan fingerprint density at radius 3 is 1.38 bits per heavy atom. The van der Waals surface area contributed by atoms with Gasteiger partial charge in [-0.3, -0.25) is 0 Å². The van der Waals surface area contributed by atoms with Crippen LogP contribution in [-0.4, -0.2) is 51.6 Å². The summed E-state index contributed by atoms with van der Waals surface area (Å²) in [6, 6.07) is 0. The number of carbonyl (C=O) groups excluding carboxylic acids is 1. The molecule has 1 rings (SSSR count). The van der Waals surface area contributed by atoms with E-state index in [4.69, 9.17) is 30.0 Å². The van der Waals surface area contributed by atoms with Gasteiger partial charge in [-0.15, -0.1) is 13.2 Å². The monoisotopic (exact) mass is 310 g/mol. The fourth-order valence-electron chi connectivity index (χ4n) is 0.418. The maximum Gasteiger partial charge on any atom is 0.508 e. The Balaban J connectivity index is -0.0000000914.